The molecular weight excluding hydrogens is 492 g/mol. The van der Waals surface area contributed by atoms with Gasteiger partial charge in [-0.1, -0.05) is 12.1 Å². The van der Waals surface area contributed by atoms with Gasteiger partial charge in [0.2, 0.25) is 29.5 Å². The highest BCUT2D eigenvalue weighted by Gasteiger charge is 2.30. The Hall–Kier alpha value is -4.24. The number of benzene rings is 1. The van der Waals surface area contributed by atoms with Crippen LogP contribution in [0, 0.1) is 0 Å². The largest absolute Gasteiger partial charge is 0.508 e. The van der Waals surface area contributed by atoms with E-state index in [0.29, 0.717) is 5.56 Å². The number of nitrogens with one attached hydrogen (secondary N) is 3. The first-order valence-electron chi connectivity index (χ1n) is 11.2. The van der Waals surface area contributed by atoms with Crippen molar-refractivity contribution in [2.24, 2.45) is 17.2 Å². The number of aliphatic hydroxyl groups excluding tert-OH is 1. The van der Waals surface area contributed by atoms with Crippen molar-refractivity contribution in [3.63, 3.8) is 0 Å². The molecule has 0 bridgehead atoms. The van der Waals surface area contributed by atoms with E-state index in [-0.39, 0.29) is 37.9 Å². The molecule has 0 aliphatic heterocycles. The molecule has 37 heavy (non-hydrogen) atoms. The third-order valence-corrected chi connectivity index (χ3v) is 5.15. The molecule has 0 spiro atoms. The topological polar surface area (TPSA) is 277 Å². The zero-order valence-electron chi connectivity index (χ0n) is 19.9. The summed E-state index contributed by atoms with van der Waals surface area (Å²) in [5.74, 6) is -5.80. The summed E-state index contributed by atoms with van der Waals surface area (Å²) in [6.45, 7) is -0.725. The van der Waals surface area contributed by atoms with Crippen molar-refractivity contribution in [3.8, 4) is 5.75 Å². The Balaban J connectivity index is 3.06. The van der Waals surface area contributed by atoms with E-state index in [0.717, 1.165) is 0 Å². The number of amides is 5. The number of rotatable bonds is 16. The second kappa shape index (κ2) is 15.0. The van der Waals surface area contributed by atoms with Crippen molar-refractivity contribution in [1.82, 2.24) is 16.0 Å². The van der Waals surface area contributed by atoms with Gasteiger partial charge in [0, 0.05) is 19.3 Å². The first kappa shape index (κ1) is 30.8. The van der Waals surface area contributed by atoms with Crippen LogP contribution in [0.5, 0.6) is 5.75 Å². The molecule has 15 heteroatoms. The maximum atomic E-state index is 12.9. The average Bonchev–Trinajstić information content (AvgIpc) is 2.83. The maximum Gasteiger partial charge on any atom is 0.326 e. The lowest BCUT2D eigenvalue weighted by Gasteiger charge is -2.25. The van der Waals surface area contributed by atoms with Crippen LogP contribution in [0.4, 0.5) is 0 Å². The lowest BCUT2D eigenvalue weighted by atomic mass is 10.0. The number of phenolic OH excluding ortho intramolecular Hbond substituents is 1. The van der Waals surface area contributed by atoms with E-state index in [2.05, 4.69) is 16.0 Å². The number of aliphatic hydroxyl groups is 1. The maximum absolute atomic E-state index is 12.9. The lowest BCUT2D eigenvalue weighted by molar-refractivity contribution is -0.142. The molecule has 12 N–H and O–H groups in total. The number of aliphatic carboxylic acids is 1. The third-order valence-electron chi connectivity index (χ3n) is 5.15. The quantitative estimate of drug-likeness (QED) is 0.102. The van der Waals surface area contributed by atoms with Crippen molar-refractivity contribution in [3.05, 3.63) is 29.8 Å². The Morgan fingerprint density at radius 2 is 1.19 bits per heavy atom. The molecule has 1 rings (SSSR count). The third kappa shape index (κ3) is 11.4. The second-order valence-corrected chi connectivity index (χ2v) is 8.19. The number of hydrogen-bond acceptors (Lipinski definition) is 9. The van der Waals surface area contributed by atoms with Gasteiger partial charge in [-0.2, -0.15) is 0 Å². The first-order valence-corrected chi connectivity index (χ1v) is 11.2. The summed E-state index contributed by atoms with van der Waals surface area (Å²) >= 11 is 0. The fraction of sp³-hybridized carbons (Fsp3) is 0.455. The summed E-state index contributed by atoms with van der Waals surface area (Å²) in [5.41, 5.74) is 16.2. The van der Waals surface area contributed by atoms with Crippen LogP contribution in [0.2, 0.25) is 0 Å². The Morgan fingerprint density at radius 1 is 0.757 bits per heavy atom. The standard InChI is InChI=1S/C22H32N6O9/c23-13(10-29)19(33)26-14(5-7-17(24)31)20(34)27-15(6-8-18(25)32)21(35)28-16(22(36)37)9-11-1-3-12(30)4-2-11/h1-4,13-16,29-30H,5-10,23H2,(H2,24,31)(H2,25,32)(H,26,33)(H,27,34)(H,28,35)(H,36,37). The number of aromatic hydroxyl groups is 1. The van der Waals surface area contributed by atoms with Crippen LogP contribution in [0.15, 0.2) is 24.3 Å². The van der Waals surface area contributed by atoms with Crippen molar-refractivity contribution >= 4 is 35.5 Å². The van der Waals surface area contributed by atoms with Gasteiger partial charge in [-0.15, -0.1) is 0 Å². The van der Waals surface area contributed by atoms with Crippen LogP contribution in [0.25, 0.3) is 0 Å². The summed E-state index contributed by atoms with van der Waals surface area (Å²) in [6.07, 6.45) is -1.40. The fourth-order valence-electron chi connectivity index (χ4n) is 3.08. The van der Waals surface area contributed by atoms with Gasteiger partial charge in [0.05, 0.1) is 6.61 Å². The lowest BCUT2D eigenvalue weighted by Crippen LogP contribution is -2.57. The number of carboxylic acids is 1. The van der Waals surface area contributed by atoms with Crippen LogP contribution in [0.3, 0.4) is 0 Å². The van der Waals surface area contributed by atoms with E-state index in [1.807, 2.05) is 0 Å². The summed E-state index contributed by atoms with van der Waals surface area (Å²) in [5, 5.41) is 34.8. The van der Waals surface area contributed by atoms with Gasteiger partial charge in [0.25, 0.3) is 0 Å². The Morgan fingerprint density at radius 3 is 1.59 bits per heavy atom. The molecule has 4 unspecified atom stereocenters. The molecule has 1 aromatic rings. The zero-order chi connectivity index (χ0) is 28.1. The summed E-state index contributed by atoms with van der Waals surface area (Å²) in [4.78, 5) is 72.1. The first-order chi connectivity index (χ1) is 17.3. The number of carbonyl (C=O) groups is 6. The number of nitrogens with two attached hydrogens (primary N) is 3. The molecule has 15 nitrogen and oxygen atoms in total. The molecule has 0 heterocycles. The predicted octanol–water partition coefficient (Wildman–Crippen LogP) is -3.68. The van der Waals surface area contributed by atoms with Gasteiger partial charge in [-0.05, 0) is 30.5 Å². The summed E-state index contributed by atoms with van der Waals surface area (Å²) < 4.78 is 0. The van der Waals surface area contributed by atoms with E-state index >= 15 is 0 Å². The Labute approximate surface area is 211 Å². The molecule has 1 aromatic carbocycles. The minimum absolute atomic E-state index is 0.0354. The fourth-order valence-corrected chi connectivity index (χ4v) is 3.08. The number of hydrogen-bond donors (Lipinski definition) is 9. The van der Waals surface area contributed by atoms with Crippen LogP contribution in [-0.4, -0.2) is 81.6 Å². The molecule has 204 valence electrons. The second-order valence-electron chi connectivity index (χ2n) is 8.19. The molecule has 0 saturated carbocycles. The van der Waals surface area contributed by atoms with Gasteiger partial charge in [0.1, 0.15) is 29.9 Å². The summed E-state index contributed by atoms with van der Waals surface area (Å²) in [7, 11) is 0. The minimum Gasteiger partial charge on any atom is -0.508 e. The van der Waals surface area contributed by atoms with Crippen molar-refractivity contribution < 1.29 is 44.1 Å². The Kier molecular flexibility index (Phi) is 12.5. The SMILES string of the molecule is NC(=O)CCC(NC(=O)C(N)CO)C(=O)NC(CCC(N)=O)C(=O)NC(Cc1ccc(O)cc1)C(=O)O. The van der Waals surface area contributed by atoms with Gasteiger partial charge in [-0.25, -0.2) is 4.79 Å². The van der Waals surface area contributed by atoms with Gasteiger partial charge in [-0.3, -0.25) is 24.0 Å². The van der Waals surface area contributed by atoms with Crippen LogP contribution < -0.4 is 33.2 Å². The van der Waals surface area contributed by atoms with Gasteiger partial charge in [0.15, 0.2) is 0 Å². The average molecular weight is 525 g/mol. The van der Waals surface area contributed by atoms with E-state index in [1.165, 1.54) is 24.3 Å². The summed E-state index contributed by atoms with van der Waals surface area (Å²) in [6, 6.07) is -0.0220. The molecular formula is C22H32N6O9. The molecule has 5 amide bonds. The smallest absolute Gasteiger partial charge is 0.326 e. The van der Waals surface area contributed by atoms with Gasteiger partial charge >= 0.3 is 5.97 Å². The van der Waals surface area contributed by atoms with E-state index in [9.17, 15) is 39.0 Å². The van der Waals surface area contributed by atoms with E-state index < -0.39 is 66.3 Å². The number of phenols is 1. The molecule has 0 radical (unpaired) electrons. The number of carbonyl (C=O) groups excluding carboxylic acids is 5. The molecule has 4 atom stereocenters. The Bertz CT molecular complexity index is 985. The van der Waals surface area contributed by atoms with Crippen LogP contribution in [-0.2, 0) is 35.2 Å². The molecule has 0 aliphatic rings. The van der Waals surface area contributed by atoms with Crippen molar-refractivity contribution in [2.75, 3.05) is 6.61 Å². The minimum atomic E-state index is -1.44. The van der Waals surface area contributed by atoms with Crippen molar-refractivity contribution in [1.29, 1.82) is 0 Å². The van der Waals surface area contributed by atoms with Crippen molar-refractivity contribution in [2.45, 2.75) is 56.3 Å². The number of primary amides is 2. The monoisotopic (exact) mass is 524 g/mol. The zero-order valence-corrected chi connectivity index (χ0v) is 19.9. The highest BCUT2D eigenvalue weighted by Crippen LogP contribution is 2.12. The van der Waals surface area contributed by atoms with Crippen LogP contribution in [0.1, 0.15) is 31.2 Å². The highest BCUT2D eigenvalue weighted by molar-refractivity contribution is 5.94. The number of carboxylic acid groups (broad SMARTS) is 1. The molecule has 0 saturated heterocycles. The van der Waals surface area contributed by atoms with E-state index in [1.54, 1.807) is 0 Å². The normalized spacial score (nSPS) is 13.9. The van der Waals surface area contributed by atoms with Gasteiger partial charge < -0.3 is 48.5 Å². The van der Waals surface area contributed by atoms with Crippen LogP contribution >= 0.6 is 0 Å². The molecule has 0 aliphatic carbocycles. The highest BCUT2D eigenvalue weighted by atomic mass is 16.4. The predicted molar refractivity (Wildman–Crippen MR) is 127 cm³/mol. The molecule has 0 fully saturated rings. The van der Waals surface area contributed by atoms with E-state index in [4.69, 9.17) is 22.3 Å². The molecule has 0 aromatic heterocycles.